The molecule has 1 heterocycles. The molecule has 0 amide bonds. The standard InChI is InChI=1S/C18H27NO/c1-3-19-18(16-8-4-6-13(16)2)15-9-10-17-14(12-15)7-5-11-20-17/h9-10,12-13,16,18-19H,3-8,11H2,1-2H3. The summed E-state index contributed by atoms with van der Waals surface area (Å²) in [7, 11) is 0. The van der Waals surface area contributed by atoms with Crippen LogP contribution in [-0.4, -0.2) is 13.2 Å². The van der Waals surface area contributed by atoms with Gasteiger partial charge >= 0.3 is 0 Å². The second-order valence-corrected chi connectivity index (χ2v) is 6.43. The fourth-order valence-electron chi connectivity index (χ4n) is 3.98. The lowest BCUT2D eigenvalue weighted by Crippen LogP contribution is -2.29. The highest BCUT2D eigenvalue weighted by atomic mass is 16.5. The van der Waals surface area contributed by atoms with E-state index in [1.165, 1.54) is 36.8 Å². The van der Waals surface area contributed by atoms with E-state index in [1.54, 1.807) is 0 Å². The van der Waals surface area contributed by atoms with Crippen molar-refractivity contribution in [2.75, 3.05) is 13.2 Å². The van der Waals surface area contributed by atoms with Crippen molar-refractivity contribution >= 4 is 0 Å². The molecule has 3 rings (SSSR count). The largest absolute Gasteiger partial charge is 0.493 e. The van der Waals surface area contributed by atoms with Crippen LogP contribution in [-0.2, 0) is 6.42 Å². The van der Waals surface area contributed by atoms with Gasteiger partial charge in [0.2, 0.25) is 0 Å². The summed E-state index contributed by atoms with van der Waals surface area (Å²) in [4.78, 5) is 0. The Morgan fingerprint density at radius 3 is 2.95 bits per heavy atom. The molecule has 1 N–H and O–H groups in total. The van der Waals surface area contributed by atoms with Crippen molar-refractivity contribution in [1.29, 1.82) is 0 Å². The molecule has 3 unspecified atom stereocenters. The number of aryl methyl sites for hydroxylation is 1. The number of ether oxygens (including phenoxy) is 1. The van der Waals surface area contributed by atoms with Crippen LogP contribution in [0.4, 0.5) is 0 Å². The van der Waals surface area contributed by atoms with E-state index in [1.807, 2.05) is 0 Å². The Labute approximate surface area is 122 Å². The van der Waals surface area contributed by atoms with E-state index >= 15 is 0 Å². The second kappa shape index (κ2) is 6.17. The molecule has 1 saturated carbocycles. The van der Waals surface area contributed by atoms with Crippen molar-refractivity contribution in [2.24, 2.45) is 11.8 Å². The molecule has 0 bridgehead atoms. The zero-order valence-corrected chi connectivity index (χ0v) is 12.8. The lowest BCUT2D eigenvalue weighted by atomic mass is 9.85. The number of benzene rings is 1. The number of fused-ring (bicyclic) bond motifs is 1. The van der Waals surface area contributed by atoms with Gasteiger partial charge in [-0.3, -0.25) is 0 Å². The zero-order chi connectivity index (χ0) is 13.9. The van der Waals surface area contributed by atoms with Crippen LogP contribution < -0.4 is 10.1 Å². The van der Waals surface area contributed by atoms with Crippen LogP contribution in [0.3, 0.4) is 0 Å². The molecule has 3 atom stereocenters. The maximum atomic E-state index is 5.74. The van der Waals surface area contributed by atoms with E-state index in [9.17, 15) is 0 Å². The lowest BCUT2D eigenvalue weighted by Gasteiger charge is -2.29. The third kappa shape index (κ3) is 2.71. The topological polar surface area (TPSA) is 21.3 Å². The maximum absolute atomic E-state index is 5.74. The van der Waals surface area contributed by atoms with E-state index in [-0.39, 0.29) is 0 Å². The highest BCUT2D eigenvalue weighted by Crippen LogP contribution is 2.41. The SMILES string of the molecule is CCNC(c1ccc2c(c1)CCCO2)C1CCCC1C. The van der Waals surface area contributed by atoms with Crippen LogP contribution in [0.15, 0.2) is 18.2 Å². The quantitative estimate of drug-likeness (QED) is 0.892. The Balaban J connectivity index is 1.87. The van der Waals surface area contributed by atoms with Crippen LogP contribution >= 0.6 is 0 Å². The number of nitrogens with one attached hydrogen (secondary N) is 1. The molecule has 1 fully saturated rings. The van der Waals surface area contributed by atoms with Crippen LogP contribution in [0.5, 0.6) is 5.75 Å². The first-order valence-electron chi connectivity index (χ1n) is 8.28. The fraction of sp³-hybridized carbons (Fsp3) is 0.667. The molecule has 2 nitrogen and oxygen atoms in total. The Hall–Kier alpha value is -1.02. The van der Waals surface area contributed by atoms with Crippen LogP contribution in [0.2, 0.25) is 0 Å². The first kappa shape index (κ1) is 13.9. The number of hydrogen-bond acceptors (Lipinski definition) is 2. The Kier molecular flexibility index (Phi) is 4.30. The molecule has 1 aromatic rings. The van der Waals surface area contributed by atoms with E-state index < -0.39 is 0 Å². The van der Waals surface area contributed by atoms with Gasteiger partial charge in [-0.25, -0.2) is 0 Å². The molecular weight excluding hydrogens is 246 g/mol. The molecule has 0 spiro atoms. The Morgan fingerprint density at radius 1 is 1.30 bits per heavy atom. The Bertz CT molecular complexity index is 457. The highest BCUT2D eigenvalue weighted by Gasteiger charge is 2.31. The molecule has 0 saturated heterocycles. The van der Waals surface area contributed by atoms with E-state index in [0.29, 0.717) is 6.04 Å². The minimum Gasteiger partial charge on any atom is -0.493 e. The van der Waals surface area contributed by atoms with E-state index in [4.69, 9.17) is 4.74 Å². The van der Waals surface area contributed by atoms with Crippen molar-refractivity contribution < 1.29 is 4.74 Å². The third-order valence-corrected chi connectivity index (χ3v) is 5.07. The molecule has 1 aliphatic heterocycles. The maximum Gasteiger partial charge on any atom is 0.122 e. The molecule has 2 heteroatoms. The first-order chi connectivity index (χ1) is 9.79. The summed E-state index contributed by atoms with van der Waals surface area (Å²) in [5.41, 5.74) is 2.87. The van der Waals surface area contributed by atoms with Gasteiger partial charge in [-0.1, -0.05) is 38.8 Å². The van der Waals surface area contributed by atoms with Gasteiger partial charge < -0.3 is 10.1 Å². The van der Waals surface area contributed by atoms with Crippen LogP contribution in [0.1, 0.15) is 56.7 Å². The minimum atomic E-state index is 0.518. The summed E-state index contributed by atoms with van der Waals surface area (Å²) in [6, 6.07) is 7.38. The van der Waals surface area contributed by atoms with Gasteiger partial charge in [0.25, 0.3) is 0 Å². The van der Waals surface area contributed by atoms with Crippen LogP contribution in [0.25, 0.3) is 0 Å². The molecule has 1 aliphatic carbocycles. The highest BCUT2D eigenvalue weighted by molar-refractivity contribution is 5.40. The smallest absolute Gasteiger partial charge is 0.122 e. The molecule has 1 aromatic carbocycles. The van der Waals surface area contributed by atoms with E-state index in [2.05, 4.69) is 37.4 Å². The predicted molar refractivity (Wildman–Crippen MR) is 83.2 cm³/mol. The summed E-state index contributed by atoms with van der Waals surface area (Å²) < 4.78 is 5.74. The summed E-state index contributed by atoms with van der Waals surface area (Å²) in [6.07, 6.45) is 6.47. The summed E-state index contributed by atoms with van der Waals surface area (Å²) >= 11 is 0. The van der Waals surface area contributed by atoms with Gasteiger partial charge in [0, 0.05) is 6.04 Å². The average molecular weight is 273 g/mol. The minimum absolute atomic E-state index is 0.518. The predicted octanol–water partition coefficient (Wildman–Crippen LogP) is 4.10. The summed E-state index contributed by atoms with van der Waals surface area (Å²) in [6.45, 7) is 6.56. The van der Waals surface area contributed by atoms with E-state index in [0.717, 1.165) is 37.2 Å². The first-order valence-corrected chi connectivity index (χ1v) is 8.28. The fourth-order valence-corrected chi connectivity index (χ4v) is 3.98. The van der Waals surface area contributed by atoms with Gasteiger partial charge in [0.05, 0.1) is 6.61 Å². The summed E-state index contributed by atoms with van der Waals surface area (Å²) in [5.74, 6) is 2.73. The molecular formula is C18H27NO. The molecule has 0 aromatic heterocycles. The van der Waals surface area contributed by atoms with Crippen molar-refractivity contribution in [1.82, 2.24) is 5.32 Å². The van der Waals surface area contributed by atoms with Gasteiger partial charge in [-0.2, -0.15) is 0 Å². The summed E-state index contributed by atoms with van der Waals surface area (Å²) in [5, 5.41) is 3.74. The van der Waals surface area contributed by atoms with Crippen LogP contribution in [0, 0.1) is 11.8 Å². The third-order valence-electron chi connectivity index (χ3n) is 5.07. The van der Waals surface area contributed by atoms with Gasteiger partial charge in [0.1, 0.15) is 5.75 Å². The molecule has 2 aliphatic rings. The second-order valence-electron chi connectivity index (χ2n) is 6.43. The van der Waals surface area contributed by atoms with Crippen molar-refractivity contribution in [3.05, 3.63) is 29.3 Å². The van der Waals surface area contributed by atoms with Crippen molar-refractivity contribution in [3.8, 4) is 5.75 Å². The van der Waals surface area contributed by atoms with Crippen molar-refractivity contribution in [2.45, 2.75) is 52.0 Å². The zero-order valence-electron chi connectivity index (χ0n) is 12.8. The molecule has 20 heavy (non-hydrogen) atoms. The monoisotopic (exact) mass is 273 g/mol. The number of hydrogen-bond donors (Lipinski definition) is 1. The molecule has 0 radical (unpaired) electrons. The number of rotatable bonds is 4. The molecule has 110 valence electrons. The van der Waals surface area contributed by atoms with Gasteiger partial charge in [-0.15, -0.1) is 0 Å². The van der Waals surface area contributed by atoms with Crippen molar-refractivity contribution in [3.63, 3.8) is 0 Å². The Morgan fingerprint density at radius 2 is 2.20 bits per heavy atom. The lowest BCUT2D eigenvalue weighted by molar-refractivity contribution is 0.285. The normalized spacial score (nSPS) is 26.9. The average Bonchev–Trinajstić information content (AvgIpc) is 2.90. The van der Waals surface area contributed by atoms with Gasteiger partial charge in [0.15, 0.2) is 0 Å². The van der Waals surface area contributed by atoms with Gasteiger partial charge in [-0.05, 0) is 54.8 Å².